The van der Waals surface area contributed by atoms with Gasteiger partial charge in [-0.15, -0.1) is 0 Å². The zero-order valence-electron chi connectivity index (χ0n) is 14.9. The smallest absolute Gasteiger partial charge is 0.405 e. The van der Waals surface area contributed by atoms with Crippen LogP contribution in [0.3, 0.4) is 0 Å². The van der Waals surface area contributed by atoms with E-state index in [9.17, 15) is 21.6 Å². The summed E-state index contributed by atoms with van der Waals surface area (Å²) in [5.74, 6) is 0.137. The van der Waals surface area contributed by atoms with Crippen LogP contribution >= 0.6 is 0 Å². The molecule has 0 spiro atoms. The lowest BCUT2D eigenvalue weighted by Gasteiger charge is -2.43. The number of sulfonamides is 1. The molecular weight excluding hydrogens is 357 g/mol. The number of methoxy groups -OCH3 is 1. The lowest BCUT2D eigenvalue weighted by Crippen LogP contribution is -2.62. The molecule has 1 aromatic rings. The molecule has 0 amide bonds. The average Bonchev–Trinajstić information content (AvgIpc) is 2.50. The quantitative estimate of drug-likeness (QED) is 0.809. The first-order chi connectivity index (χ1) is 11.4. The maximum Gasteiger partial charge on any atom is 0.405 e. The molecule has 1 fully saturated rings. The van der Waals surface area contributed by atoms with Gasteiger partial charge < -0.3 is 4.74 Å². The van der Waals surface area contributed by atoms with Crippen molar-refractivity contribution < 1.29 is 26.3 Å². The van der Waals surface area contributed by atoms with Gasteiger partial charge >= 0.3 is 6.18 Å². The van der Waals surface area contributed by atoms with Crippen LogP contribution in [0, 0.1) is 13.8 Å². The van der Waals surface area contributed by atoms with E-state index in [1.807, 2.05) is 6.92 Å². The van der Waals surface area contributed by atoms with Gasteiger partial charge in [0.25, 0.3) is 0 Å². The highest BCUT2D eigenvalue weighted by atomic mass is 32.2. The Labute approximate surface area is 146 Å². The molecule has 2 rings (SSSR count). The van der Waals surface area contributed by atoms with Gasteiger partial charge in [-0.2, -0.15) is 17.5 Å². The standard InChI is InChI=1S/C16H23F3N2O3S/c1-10-6-13(24-5)14(7-11(10)2)25(22,23)21-8-12(3)20(4)15(9-21)16(17,18)19/h6-7,12,15H,8-9H2,1-5H3. The van der Waals surface area contributed by atoms with E-state index >= 15 is 0 Å². The molecule has 0 N–H and O–H groups in total. The van der Waals surface area contributed by atoms with Crippen LogP contribution in [0.4, 0.5) is 13.2 Å². The van der Waals surface area contributed by atoms with Gasteiger partial charge in [-0.3, -0.25) is 4.90 Å². The molecule has 142 valence electrons. The van der Waals surface area contributed by atoms with Crippen LogP contribution in [0.1, 0.15) is 18.1 Å². The predicted octanol–water partition coefficient (Wildman–Crippen LogP) is 2.57. The minimum absolute atomic E-state index is 0.0124. The fourth-order valence-corrected chi connectivity index (χ4v) is 4.67. The van der Waals surface area contributed by atoms with Crippen LogP contribution in [0.15, 0.2) is 17.0 Å². The lowest BCUT2D eigenvalue weighted by molar-refractivity contribution is -0.194. The normalized spacial score (nSPS) is 23.7. The predicted molar refractivity (Wildman–Crippen MR) is 88.3 cm³/mol. The van der Waals surface area contributed by atoms with Crippen LogP contribution < -0.4 is 4.74 Å². The number of likely N-dealkylation sites (N-methyl/N-ethyl adjacent to an activating group) is 1. The van der Waals surface area contributed by atoms with E-state index in [4.69, 9.17) is 4.74 Å². The average molecular weight is 380 g/mol. The van der Waals surface area contributed by atoms with Crippen molar-refractivity contribution in [1.82, 2.24) is 9.21 Å². The van der Waals surface area contributed by atoms with Gasteiger partial charge in [0.1, 0.15) is 16.7 Å². The summed E-state index contributed by atoms with van der Waals surface area (Å²) < 4.78 is 72.0. The number of hydrogen-bond donors (Lipinski definition) is 0. The Morgan fingerprint density at radius 2 is 1.72 bits per heavy atom. The van der Waals surface area contributed by atoms with E-state index in [1.165, 1.54) is 25.1 Å². The zero-order chi connectivity index (χ0) is 19.2. The number of ether oxygens (including phenoxy) is 1. The highest BCUT2D eigenvalue weighted by Crippen LogP contribution is 2.34. The first-order valence-corrected chi connectivity index (χ1v) is 9.27. The number of alkyl halides is 3. The van der Waals surface area contributed by atoms with Crippen LogP contribution in [0.25, 0.3) is 0 Å². The van der Waals surface area contributed by atoms with Gasteiger partial charge in [0.15, 0.2) is 0 Å². The second-order valence-electron chi connectivity index (χ2n) is 6.48. The summed E-state index contributed by atoms with van der Waals surface area (Å²) in [4.78, 5) is 1.07. The number of halogens is 3. The summed E-state index contributed by atoms with van der Waals surface area (Å²) in [6, 6.07) is 0.633. The first kappa shape index (κ1) is 20.0. The Morgan fingerprint density at radius 1 is 1.16 bits per heavy atom. The lowest BCUT2D eigenvalue weighted by atomic mass is 10.1. The molecule has 25 heavy (non-hydrogen) atoms. The van der Waals surface area contributed by atoms with Crippen LogP contribution in [-0.4, -0.2) is 63.1 Å². The highest BCUT2D eigenvalue weighted by Gasteiger charge is 2.49. The molecule has 1 saturated heterocycles. The van der Waals surface area contributed by atoms with E-state index in [2.05, 4.69) is 0 Å². The Morgan fingerprint density at radius 3 is 2.24 bits per heavy atom. The van der Waals surface area contributed by atoms with E-state index in [-0.39, 0.29) is 17.2 Å². The molecule has 2 unspecified atom stereocenters. The summed E-state index contributed by atoms with van der Waals surface area (Å²) in [6.07, 6.45) is -4.51. The van der Waals surface area contributed by atoms with Crippen molar-refractivity contribution in [1.29, 1.82) is 0 Å². The molecule has 0 radical (unpaired) electrons. The first-order valence-electron chi connectivity index (χ1n) is 7.83. The number of piperazine rings is 1. The number of benzene rings is 1. The molecule has 0 aromatic heterocycles. The van der Waals surface area contributed by atoms with Gasteiger partial charge in [-0.1, -0.05) is 0 Å². The van der Waals surface area contributed by atoms with Gasteiger partial charge in [-0.25, -0.2) is 8.42 Å². The van der Waals surface area contributed by atoms with Crippen molar-refractivity contribution >= 4 is 10.0 Å². The van der Waals surface area contributed by atoms with Gasteiger partial charge in [0, 0.05) is 19.1 Å². The molecule has 1 aromatic carbocycles. The monoisotopic (exact) mass is 380 g/mol. The Hall–Kier alpha value is -1.32. The number of nitrogens with zero attached hydrogens (tertiary/aromatic N) is 2. The van der Waals surface area contributed by atoms with Gasteiger partial charge in [-0.05, 0) is 51.1 Å². The van der Waals surface area contributed by atoms with E-state index in [1.54, 1.807) is 19.9 Å². The van der Waals surface area contributed by atoms with Crippen molar-refractivity contribution in [3.05, 3.63) is 23.3 Å². The largest absolute Gasteiger partial charge is 0.495 e. The third-order valence-electron chi connectivity index (χ3n) is 4.81. The van der Waals surface area contributed by atoms with Crippen molar-refractivity contribution in [2.45, 2.75) is 43.9 Å². The third kappa shape index (κ3) is 3.78. The maximum absolute atomic E-state index is 13.3. The maximum atomic E-state index is 13.3. The summed E-state index contributed by atoms with van der Waals surface area (Å²) in [5, 5.41) is 0. The second-order valence-corrected chi connectivity index (χ2v) is 8.39. The molecular formula is C16H23F3N2O3S. The number of hydrogen-bond acceptors (Lipinski definition) is 4. The topological polar surface area (TPSA) is 49.9 Å². The minimum atomic E-state index is -4.51. The third-order valence-corrected chi connectivity index (χ3v) is 6.66. The highest BCUT2D eigenvalue weighted by molar-refractivity contribution is 7.89. The van der Waals surface area contributed by atoms with Crippen molar-refractivity contribution in [3.8, 4) is 5.75 Å². The molecule has 1 aliphatic rings. The zero-order valence-corrected chi connectivity index (χ0v) is 15.7. The summed E-state index contributed by atoms with van der Waals surface area (Å²) in [7, 11) is -1.41. The SMILES string of the molecule is COc1cc(C)c(C)cc1S(=O)(=O)N1CC(C)N(C)C(C(F)(F)F)C1. The molecule has 0 bridgehead atoms. The Kier molecular flexibility index (Phi) is 5.42. The van der Waals surface area contributed by atoms with Crippen LogP contribution in [0.5, 0.6) is 5.75 Å². The number of aryl methyl sites for hydroxylation is 2. The summed E-state index contributed by atoms with van der Waals surface area (Å²) in [6.45, 7) is 4.49. The van der Waals surface area contributed by atoms with Crippen molar-refractivity contribution in [2.24, 2.45) is 0 Å². The van der Waals surface area contributed by atoms with E-state index in [0.717, 1.165) is 15.4 Å². The van der Waals surface area contributed by atoms with E-state index < -0.39 is 34.8 Å². The fraction of sp³-hybridized carbons (Fsp3) is 0.625. The van der Waals surface area contributed by atoms with Crippen LogP contribution in [-0.2, 0) is 10.0 Å². The Bertz CT molecular complexity index is 750. The van der Waals surface area contributed by atoms with Crippen molar-refractivity contribution in [2.75, 3.05) is 27.2 Å². The molecule has 5 nitrogen and oxygen atoms in total. The molecule has 0 aliphatic carbocycles. The molecule has 1 aliphatic heterocycles. The molecule has 9 heteroatoms. The molecule has 2 atom stereocenters. The van der Waals surface area contributed by atoms with Gasteiger partial charge in [0.05, 0.1) is 7.11 Å². The second kappa shape index (κ2) is 6.77. The molecule has 0 saturated carbocycles. The number of rotatable bonds is 3. The summed E-state index contributed by atoms with van der Waals surface area (Å²) >= 11 is 0. The summed E-state index contributed by atoms with van der Waals surface area (Å²) in [5.41, 5.74) is 1.57. The molecule has 1 heterocycles. The van der Waals surface area contributed by atoms with E-state index in [0.29, 0.717) is 0 Å². The minimum Gasteiger partial charge on any atom is -0.495 e. The van der Waals surface area contributed by atoms with Crippen molar-refractivity contribution in [3.63, 3.8) is 0 Å². The van der Waals surface area contributed by atoms with Crippen LogP contribution in [0.2, 0.25) is 0 Å². The van der Waals surface area contributed by atoms with Gasteiger partial charge in [0.2, 0.25) is 10.0 Å². The fourth-order valence-electron chi connectivity index (χ4n) is 2.92. The Balaban J connectivity index is 2.48.